The molecular formula is C15H19ClF4N2O. The zero-order chi connectivity index (χ0) is 17.0. The number of halogens is 5. The quantitative estimate of drug-likeness (QED) is 0.797. The Morgan fingerprint density at radius 3 is 2.48 bits per heavy atom. The van der Waals surface area contributed by atoms with Gasteiger partial charge in [0.05, 0.1) is 10.6 Å². The van der Waals surface area contributed by atoms with Gasteiger partial charge in [-0.2, -0.15) is 13.2 Å². The molecule has 1 aliphatic rings. The molecule has 0 amide bonds. The first-order valence-electron chi connectivity index (χ1n) is 7.47. The lowest BCUT2D eigenvalue weighted by molar-refractivity contribution is -0.139. The van der Waals surface area contributed by atoms with Crippen molar-refractivity contribution in [3.63, 3.8) is 0 Å². The number of alkyl halides is 3. The van der Waals surface area contributed by atoms with Crippen molar-refractivity contribution in [3.05, 3.63) is 34.1 Å². The molecule has 1 aliphatic heterocycles. The van der Waals surface area contributed by atoms with Crippen molar-refractivity contribution in [1.82, 2.24) is 10.2 Å². The van der Waals surface area contributed by atoms with Crippen LogP contribution in [0.3, 0.4) is 0 Å². The molecule has 8 heteroatoms. The van der Waals surface area contributed by atoms with E-state index in [0.29, 0.717) is 26.2 Å². The largest absolute Gasteiger partial charge is 0.416 e. The average molecular weight is 355 g/mol. The fraction of sp³-hybridized carbons (Fsp3) is 0.600. The van der Waals surface area contributed by atoms with Crippen molar-refractivity contribution in [2.45, 2.75) is 25.1 Å². The maximum absolute atomic E-state index is 14.5. The van der Waals surface area contributed by atoms with E-state index in [1.807, 2.05) is 4.90 Å². The highest BCUT2D eigenvalue weighted by Gasteiger charge is 2.39. The van der Waals surface area contributed by atoms with E-state index in [1.165, 1.54) is 0 Å². The Labute approximate surface area is 137 Å². The zero-order valence-electron chi connectivity index (χ0n) is 12.5. The van der Waals surface area contributed by atoms with Gasteiger partial charge < -0.3 is 10.4 Å². The van der Waals surface area contributed by atoms with Crippen LogP contribution in [0.2, 0.25) is 5.02 Å². The van der Waals surface area contributed by atoms with Gasteiger partial charge in [-0.05, 0) is 25.0 Å². The van der Waals surface area contributed by atoms with Gasteiger partial charge in [-0.1, -0.05) is 11.6 Å². The second-order valence-electron chi connectivity index (χ2n) is 5.49. The van der Waals surface area contributed by atoms with Crippen LogP contribution >= 0.6 is 11.6 Å². The fourth-order valence-corrected chi connectivity index (χ4v) is 3.09. The molecule has 1 atom stereocenters. The Morgan fingerprint density at radius 1 is 1.26 bits per heavy atom. The maximum Gasteiger partial charge on any atom is 0.416 e. The molecular weight excluding hydrogens is 336 g/mol. The van der Waals surface area contributed by atoms with Crippen molar-refractivity contribution < 1.29 is 22.7 Å². The molecule has 1 aromatic rings. The Bertz CT molecular complexity index is 533. The monoisotopic (exact) mass is 354 g/mol. The van der Waals surface area contributed by atoms with Gasteiger partial charge in [-0.25, -0.2) is 4.39 Å². The van der Waals surface area contributed by atoms with Crippen LogP contribution in [0, 0.1) is 5.82 Å². The standard InChI is InChI=1S/C15H19ClF4N2O/c16-11-4-3-10(15(18,19)20)13(14(11)17)12(2-1-9-23)22-7-5-21-6-8-22/h3-4,12,21,23H,1-2,5-9H2/t12-/m0/s1. The van der Waals surface area contributed by atoms with E-state index in [-0.39, 0.29) is 24.5 Å². The van der Waals surface area contributed by atoms with Crippen molar-refractivity contribution >= 4 is 11.6 Å². The van der Waals surface area contributed by atoms with Crippen LogP contribution in [0.15, 0.2) is 12.1 Å². The number of aliphatic hydroxyl groups excluding tert-OH is 1. The summed E-state index contributed by atoms with van der Waals surface area (Å²) in [5.41, 5.74) is -1.42. The number of piperazine rings is 1. The molecule has 1 saturated heterocycles. The average Bonchev–Trinajstić information content (AvgIpc) is 2.51. The second-order valence-corrected chi connectivity index (χ2v) is 5.90. The summed E-state index contributed by atoms with van der Waals surface area (Å²) in [7, 11) is 0. The van der Waals surface area contributed by atoms with Crippen LogP contribution in [-0.2, 0) is 6.18 Å². The first-order valence-corrected chi connectivity index (χ1v) is 7.84. The smallest absolute Gasteiger partial charge is 0.396 e. The summed E-state index contributed by atoms with van der Waals surface area (Å²) in [6, 6.07) is 0.999. The third-order valence-electron chi connectivity index (χ3n) is 4.00. The van der Waals surface area contributed by atoms with Crippen LogP contribution in [-0.4, -0.2) is 42.8 Å². The third kappa shape index (κ3) is 4.35. The normalized spacial score (nSPS) is 18.2. The highest BCUT2D eigenvalue weighted by atomic mass is 35.5. The van der Waals surface area contributed by atoms with E-state index in [0.717, 1.165) is 12.1 Å². The van der Waals surface area contributed by atoms with Crippen molar-refractivity contribution in [2.24, 2.45) is 0 Å². The van der Waals surface area contributed by atoms with Crippen molar-refractivity contribution in [3.8, 4) is 0 Å². The van der Waals surface area contributed by atoms with Crippen molar-refractivity contribution in [1.29, 1.82) is 0 Å². The molecule has 130 valence electrons. The van der Waals surface area contributed by atoms with Gasteiger partial charge in [0, 0.05) is 44.4 Å². The molecule has 0 radical (unpaired) electrons. The van der Waals surface area contributed by atoms with E-state index in [9.17, 15) is 17.6 Å². The van der Waals surface area contributed by atoms with Gasteiger partial charge in [0.15, 0.2) is 0 Å². The Balaban J connectivity index is 2.49. The molecule has 23 heavy (non-hydrogen) atoms. The molecule has 0 aliphatic carbocycles. The number of aliphatic hydroxyl groups is 1. The van der Waals surface area contributed by atoms with E-state index in [4.69, 9.17) is 16.7 Å². The number of nitrogens with zero attached hydrogens (tertiary/aromatic N) is 1. The first kappa shape index (κ1) is 18.4. The molecule has 2 N–H and O–H groups in total. The molecule has 0 spiro atoms. The number of hydrogen-bond donors (Lipinski definition) is 2. The fourth-order valence-electron chi connectivity index (χ4n) is 2.93. The van der Waals surface area contributed by atoms with E-state index in [2.05, 4.69) is 5.32 Å². The Hall–Kier alpha value is -0.890. The molecule has 1 aromatic carbocycles. The van der Waals surface area contributed by atoms with Crippen LogP contribution in [0.1, 0.15) is 30.0 Å². The second kappa shape index (κ2) is 7.79. The molecule has 2 rings (SSSR count). The molecule has 3 nitrogen and oxygen atoms in total. The van der Waals surface area contributed by atoms with E-state index in [1.54, 1.807) is 0 Å². The molecule has 0 aromatic heterocycles. The number of benzene rings is 1. The zero-order valence-corrected chi connectivity index (χ0v) is 13.2. The summed E-state index contributed by atoms with van der Waals surface area (Å²) in [4.78, 5) is 1.82. The summed E-state index contributed by atoms with van der Waals surface area (Å²) < 4.78 is 54.4. The number of hydrogen-bond acceptors (Lipinski definition) is 3. The predicted molar refractivity (Wildman–Crippen MR) is 79.9 cm³/mol. The van der Waals surface area contributed by atoms with Gasteiger partial charge in [0.2, 0.25) is 0 Å². The SMILES string of the molecule is OCCC[C@@H](c1c(C(F)(F)F)ccc(Cl)c1F)N1CCNCC1. The van der Waals surface area contributed by atoms with Gasteiger partial charge in [0.1, 0.15) is 5.82 Å². The molecule has 0 bridgehead atoms. The number of nitrogens with one attached hydrogen (secondary N) is 1. The van der Waals surface area contributed by atoms with Crippen LogP contribution in [0.25, 0.3) is 0 Å². The lowest BCUT2D eigenvalue weighted by atomic mass is 9.94. The Kier molecular flexibility index (Phi) is 6.25. The Morgan fingerprint density at radius 2 is 1.91 bits per heavy atom. The molecule has 1 heterocycles. The first-order chi connectivity index (χ1) is 10.9. The third-order valence-corrected chi connectivity index (χ3v) is 4.29. The minimum Gasteiger partial charge on any atom is -0.396 e. The summed E-state index contributed by atoms with van der Waals surface area (Å²) in [5.74, 6) is -1.03. The summed E-state index contributed by atoms with van der Waals surface area (Å²) in [5, 5.41) is 11.8. The summed E-state index contributed by atoms with van der Waals surface area (Å²) >= 11 is 5.73. The molecule has 0 unspecified atom stereocenters. The minimum atomic E-state index is -4.66. The maximum atomic E-state index is 14.5. The number of rotatable bonds is 5. The van der Waals surface area contributed by atoms with Gasteiger partial charge in [-0.15, -0.1) is 0 Å². The molecule has 1 fully saturated rings. The molecule has 0 saturated carbocycles. The van der Waals surface area contributed by atoms with E-state index >= 15 is 0 Å². The minimum absolute atomic E-state index is 0.161. The summed E-state index contributed by atoms with van der Waals surface area (Å²) in [6.45, 7) is 2.11. The lowest BCUT2D eigenvalue weighted by Crippen LogP contribution is -2.45. The highest BCUT2D eigenvalue weighted by molar-refractivity contribution is 6.30. The van der Waals surface area contributed by atoms with Crippen LogP contribution in [0.4, 0.5) is 17.6 Å². The summed E-state index contributed by atoms with van der Waals surface area (Å²) in [6.07, 6.45) is -4.14. The lowest BCUT2D eigenvalue weighted by Gasteiger charge is -2.36. The van der Waals surface area contributed by atoms with Crippen LogP contribution < -0.4 is 5.32 Å². The van der Waals surface area contributed by atoms with Crippen molar-refractivity contribution in [2.75, 3.05) is 32.8 Å². The highest BCUT2D eigenvalue weighted by Crippen LogP contribution is 2.41. The topological polar surface area (TPSA) is 35.5 Å². The van der Waals surface area contributed by atoms with Gasteiger partial charge in [0.25, 0.3) is 0 Å². The van der Waals surface area contributed by atoms with E-state index < -0.39 is 29.2 Å². The van der Waals surface area contributed by atoms with Crippen LogP contribution in [0.5, 0.6) is 0 Å². The van der Waals surface area contributed by atoms with Gasteiger partial charge >= 0.3 is 6.18 Å². The van der Waals surface area contributed by atoms with Gasteiger partial charge in [-0.3, -0.25) is 4.90 Å². The predicted octanol–water partition coefficient (Wildman–Crippen LogP) is 3.22.